The van der Waals surface area contributed by atoms with Gasteiger partial charge in [0.1, 0.15) is 11.9 Å². The van der Waals surface area contributed by atoms with Gasteiger partial charge in [-0.15, -0.1) is 0 Å². The zero-order valence-corrected chi connectivity index (χ0v) is 9.90. The summed E-state index contributed by atoms with van der Waals surface area (Å²) in [6.07, 6.45) is 1.03. The second-order valence-corrected chi connectivity index (χ2v) is 4.71. The van der Waals surface area contributed by atoms with Gasteiger partial charge in [0, 0.05) is 13.1 Å². The van der Waals surface area contributed by atoms with Crippen LogP contribution in [0, 0.1) is 11.7 Å². The molecule has 1 heterocycles. The van der Waals surface area contributed by atoms with E-state index in [-0.39, 0.29) is 11.7 Å². The Morgan fingerprint density at radius 2 is 2.12 bits per heavy atom. The van der Waals surface area contributed by atoms with Crippen LogP contribution in [0.4, 0.5) is 4.39 Å². The van der Waals surface area contributed by atoms with Crippen LogP contribution in [0.5, 0.6) is 0 Å². The van der Waals surface area contributed by atoms with Crippen LogP contribution in [0.1, 0.15) is 24.9 Å². The molecule has 0 bridgehead atoms. The zero-order valence-electron chi connectivity index (χ0n) is 9.90. The predicted molar refractivity (Wildman–Crippen MR) is 63.7 cm³/mol. The van der Waals surface area contributed by atoms with Gasteiger partial charge in [0.15, 0.2) is 0 Å². The normalized spacial score (nSPS) is 21.6. The van der Waals surface area contributed by atoms with E-state index in [0.29, 0.717) is 11.5 Å². The Hall–Kier alpha value is -1.42. The molecule has 1 saturated heterocycles. The molecule has 0 radical (unpaired) electrons. The number of hydrogen-bond acceptors (Lipinski definition) is 2. The van der Waals surface area contributed by atoms with Gasteiger partial charge >= 0.3 is 0 Å². The van der Waals surface area contributed by atoms with Crippen LogP contribution in [0.25, 0.3) is 0 Å². The lowest BCUT2D eigenvalue weighted by molar-refractivity contribution is -0.131. The fraction of sp³-hybridized carbons (Fsp3) is 0.462. The summed E-state index contributed by atoms with van der Waals surface area (Å²) in [6.45, 7) is 3.67. The molecule has 4 heteroatoms. The zero-order chi connectivity index (χ0) is 12.4. The topological polar surface area (TPSA) is 46.3 Å². The molecule has 1 fully saturated rings. The molecule has 1 unspecified atom stereocenters. The van der Waals surface area contributed by atoms with Crippen molar-refractivity contribution in [1.29, 1.82) is 0 Å². The monoisotopic (exact) mass is 236 g/mol. The number of carbonyl (C=O) groups excluding carboxylic acids is 1. The minimum Gasteiger partial charge on any atom is -0.341 e. The van der Waals surface area contributed by atoms with E-state index in [1.807, 2.05) is 0 Å². The minimum absolute atomic E-state index is 0.0686. The molecule has 1 aromatic carbocycles. The quantitative estimate of drug-likeness (QED) is 0.849. The van der Waals surface area contributed by atoms with Gasteiger partial charge in [-0.1, -0.05) is 19.1 Å². The van der Waals surface area contributed by atoms with Crippen molar-refractivity contribution < 1.29 is 9.18 Å². The molecular formula is C13H17FN2O. The Kier molecular flexibility index (Phi) is 3.43. The molecule has 1 aromatic rings. The van der Waals surface area contributed by atoms with Crippen LogP contribution >= 0.6 is 0 Å². The Morgan fingerprint density at radius 1 is 1.47 bits per heavy atom. The summed E-state index contributed by atoms with van der Waals surface area (Å²) in [5, 5.41) is 0. The number of hydrogen-bond donors (Lipinski definition) is 1. The smallest absolute Gasteiger partial charge is 0.244 e. The van der Waals surface area contributed by atoms with Crippen molar-refractivity contribution in [3.63, 3.8) is 0 Å². The number of benzene rings is 1. The maximum absolute atomic E-state index is 12.8. The van der Waals surface area contributed by atoms with Crippen molar-refractivity contribution in [2.45, 2.75) is 19.4 Å². The van der Waals surface area contributed by atoms with E-state index in [2.05, 4.69) is 6.92 Å². The third-order valence-electron chi connectivity index (χ3n) is 3.23. The summed E-state index contributed by atoms with van der Waals surface area (Å²) in [5.74, 6) is 0.156. The summed E-state index contributed by atoms with van der Waals surface area (Å²) < 4.78 is 12.8. The van der Waals surface area contributed by atoms with E-state index in [9.17, 15) is 9.18 Å². The van der Waals surface area contributed by atoms with E-state index >= 15 is 0 Å². The predicted octanol–water partition coefficient (Wildman–Crippen LogP) is 1.69. The van der Waals surface area contributed by atoms with E-state index in [0.717, 1.165) is 19.5 Å². The number of amides is 1. The van der Waals surface area contributed by atoms with Crippen molar-refractivity contribution in [2.75, 3.05) is 13.1 Å². The molecule has 0 aromatic heterocycles. The highest BCUT2D eigenvalue weighted by molar-refractivity contribution is 5.83. The molecule has 2 atom stereocenters. The molecule has 0 saturated carbocycles. The molecular weight excluding hydrogens is 219 g/mol. The van der Waals surface area contributed by atoms with Gasteiger partial charge in [-0.3, -0.25) is 4.79 Å². The van der Waals surface area contributed by atoms with Crippen LogP contribution in [0.3, 0.4) is 0 Å². The molecule has 2 N–H and O–H groups in total. The average molecular weight is 236 g/mol. The van der Waals surface area contributed by atoms with Crippen molar-refractivity contribution in [3.8, 4) is 0 Å². The Morgan fingerprint density at radius 3 is 2.65 bits per heavy atom. The SMILES string of the molecule is CC1CCN(C(=O)[C@H](N)c2ccc(F)cc2)C1. The molecule has 3 nitrogen and oxygen atoms in total. The molecule has 1 aliphatic rings. The largest absolute Gasteiger partial charge is 0.341 e. The Balaban J connectivity index is 2.06. The summed E-state index contributed by atoms with van der Waals surface area (Å²) in [7, 11) is 0. The van der Waals surface area contributed by atoms with E-state index < -0.39 is 6.04 Å². The second-order valence-electron chi connectivity index (χ2n) is 4.71. The first-order valence-corrected chi connectivity index (χ1v) is 5.88. The molecule has 0 spiro atoms. The number of nitrogens with zero attached hydrogens (tertiary/aromatic N) is 1. The highest BCUT2D eigenvalue weighted by atomic mass is 19.1. The average Bonchev–Trinajstić information content (AvgIpc) is 2.75. The molecule has 17 heavy (non-hydrogen) atoms. The van der Waals surface area contributed by atoms with Crippen molar-refractivity contribution in [3.05, 3.63) is 35.6 Å². The standard InChI is InChI=1S/C13H17FN2O/c1-9-6-7-16(8-9)13(17)12(15)10-2-4-11(14)5-3-10/h2-5,9,12H,6-8,15H2,1H3/t9?,12-/m1/s1. The summed E-state index contributed by atoms with van der Waals surface area (Å²) in [4.78, 5) is 13.9. The van der Waals surface area contributed by atoms with E-state index in [4.69, 9.17) is 5.73 Å². The summed E-state index contributed by atoms with van der Waals surface area (Å²) >= 11 is 0. The maximum Gasteiger partial charge on any atom is 0.244 e. The Labute approximate surface area is 100 Å². The number of rotatable bonds is 2. The van der Waals surface area contributed by atoms with Gasteiger partial charge < -0.3 is 10.6 Å². The highest BCUT2D eigenvalue weighted by Crippen LogP contribution is 2.20. The van der Waals surface area contributed by atoms with Gasteiger partial charge in [0.2, 0.25) is 5.91 Å². The molecule has 1 aliphatic heterocycles. The summed E-state index contributed by atoms with van der Waals surface area (Å²) in [5.41, 5.74) is 6.56. The fourth-order valence-corrected chi connectivity index (χ4v) is 2.14. The second kappa shape index (κ2) is 4.84. The first-order chi connectivity index (χ1) is 8.08. The molecule has 0 aliphatic carbocycles. The fourth-order valence-electron chi connectivity index (χ4n) is 2.14. The third kappa shape index (κ3) is 2.64. The van der Waals surface area contributed by atoms with Crippen LogP contribution in [-0.2, 0) is 4.79 Å². The first kappa shape index (κ1) is 12.0. The van der Waals surface area contributed by atoms with Crippen molar-refractivity contribution >= 4 is 5.91 Å². The number of halogens is 1. The summed E-state index contributed by atoms with van der Waals surface area (Å²) in [6, 6.07) is 5.11. The lowest BCUT2D eigenvalue weighted by atomic mass is 10.1. The van der Waals surface area contributed by atoms with Gasteiger partial charge in [-0.05, 0) is 30.0 Å². The third-order valence-corrected chi connectivity index (χ3v) is 3.23. The molecule has 2 rings (SSSR count). The highest BCUT2D eigenvalue weighted by Gasteiger charge is 2.27. The Bertz CT molecular complexity index is 404. The van der Waals surface area contributed by atoms with Gasteiger partial charge in [-0.2, -0.15) is 0 Å². The van der Waals surface area contributed by atoms with Crippen LogP contribution < -0.4 is 5.73 Å². The molecule has 1 amide bonds. The van der Waals surface area contributed by atoms with E-state index in [1.165, 1.54) is 12.1 Å². The first-order valence-electron chi connectivity index (χ1n) is 5.88. The number of carbonyl (C=O) groups is 1. The molecule has 92 valence electrons. The van der Waals surface area contributed by atoms with Gasteiger partial charge in [-0.25, -0.2) is 4.39 Å². The van der Waals surface area contributed by atoms with Crippen LogP contribution in [0.15, 0.2) is 24.3 Å². The number of likely N-dealkylation sites (tertiary alicyclic amines) is 1. The lowest BCUT2D eigenvalue weighted by Gasteiger charge is -2.20. The lowest BCUT2D eigenvalue weighted by Crippen LogP contribution is -2.37. The van der Waals surface area contributed by atoms with Crippen LogP contribution in [-0.4, -0.2) is 23.9 Å². The van der Waals surface area contributed by atoms with Gasteiger partial charge in [0.05, 0.1) is 0 Å². The van der Waals surface area contributed by atoms with E-state index in [1.54, 1.807) is 17.0 Å². The maximum atomic E-state index is 12.8. The van der Waals surface area contributed by atoms with Crippen molar-refractivity contribution in [1.82, 2.24) is 4.90 Å². The van der Waals surface area contributed by atoms with Gasteiger partial charge in [0.25, 0.3) is 0 Å². The minimum atomic E-state index is -0.680. The number of nitrogens with two attached hydrogens (primary N) is 1. The van der Waals surface area contributed by atoms with Crippen LogP contribution in [0.2, 0.25) is 0 Å². The van der Waals surface area contributed by atoms with Crippen molar-refractivity contribution in [2.24, 2.45) is 11.7 Å².